The number of halogens is 3. The first kappa shape index (κ1) is 29.2. The Bertz CT molecular complexity index is 1700. The molecule has 0 saturated heterocycles. The highest BCUT2D eigenvalue weighted by Crippen LogP contribution is 2.28. The van der Waals surface area contributed by atoms with Gasteiger partial charge in [0, 0.05) is 14.3 Å². The van der Waals surface area contributed by atoms with Crippen LogP contribution in [0.2, 0.25) is 10.0 Å². The van der Waals surface area contributed by atoms with Crippen molar-refractivity contribution in [2.24, 2.45) is 0 Å². The lowest BCUT2D eigenvalue weighted by atomic mass is 10.3. The van der Waals surface area contributed by atoms with Crippen molar-refractivity contribution in [3.63, 3.8) is 0 Å². The molecule has 0 saturated carbocycles. The van der Waals surface area contributed by atoms with Crippen molar-refractivity contribution in [3.8, 4) is 0 Å². The van der Waals surface area contributed by atoms with Crippen LogP contribution < -0.4 is 14.3 Å². The van der Waals surface area contributed by atoms with E-state index in [0.29, 0.717) is 10.7 Å². The van der Waals surface area contributed by atoms with Gasteiger partial charge < -0.3 is 5.32 Å². The highest BCUT2D eigenvalue weighted by atomic mass is 127. The number of amides is 1. The number of rotatable bonds is 9. The number of nitrogens with zero attached hydrogens (tertiary/aromatic N) is 1. The number of carbonyl (C=O) groups excluding carboxylic acids is 1. The molecule has 13 heteroatoms. The van der Waals surface area contributed by atoms with Gasteiger partial charge in [0.15, 0.2) is 0 Å². The van der Waals surface area contributed by atoms with Crippen LogP contribution in [-0.2, 0) is 24.8 Å². The molecular formula is C26H20Cl2IN3O5S2. The summed E-state index contributed by atoms with van der Waals surface area (Å²) in [6, 6.07) is 24.3. The van der Waals surface area contributed by atoms with Gasteiger partial charge in [-0.25, -0.2) is 16.8 Å². The van der Waals surface area contributed by atoms with Gasteiger partial charge >= 0.3 is 0 Å². The molecule has 0 atom stereocenters. The van der Waals surface area contributed by atoms with E-state index in [9.17, 15) is 21.6 Å². The average Bonchev–Trinajstić information content (AvgIpc) is 2.90. The molecule has 4 aromatic rings. The highest BCUT2D eigenvalue weighted by molar-refractivity contribution is 14.1. The van der Waals surface area contributed by atoms with E-state index in [2.05, 4.69) is 32.6 Å². The van der Waals surface area contributed by atoms with Gasteiger partial charge in [-0.05, 0) is 101 Å². The zero-order valence-corrected chi connectivity index (χ0v) is 25.2. The summed E-state index contributed by atoms with van der Waals surface area (Å²) in [7, 11) is -8.03. The topological polar surface area (TPSA) is 113 Å². The molecule has 0 aliphatic heterocycles. The molecule has 0 aromatic heterocycles. The summed E-state index contributed by atoms with van der Waals surface area (Å²) in [5.41, 5.74) is 0.764. The lowest BCUT2D eigenvalue weighted by Gasteiger charge is -2.24. The quantitative estimate of drug-likeness (QED) is 0.200. The van der Waals surface area contributed by atoms with Gasteiger partial charge in [-0.2, -0.15) is 0 Å². The molecule has 0 aliphatic rings. The number of hydrogen-bond donors (Lipinski definition) is 2. The number of nitrogens with one attached hydrogen (secondary N) is 2. The van der Waals surface area contributed by atoms with Crippen LogP contribution in [0.15, 0.2) is 107 Å². The van der Waals surface area contributed by atoms with E-state index in [1.807, 2.05) is 0 Å². The standard InChI is InChI=1S/C26H20Cl2IN3O5S2/c27-18-6-15-25(24(28)16-18)31-38(34,35)22-13-9-20(10-14-22)30-26(33)17-32(21-11-7-19(29)8-12-21)39(36,37)23-4-2-1-3-5-23/h1-16,31H,17H2,(H,30,33). The third kappa shape index (κ3) is 7.22. The molecule has 0 fully saturated rings. The maximum absolute atomic E-state index is 13.4. The molecule has 4 rings (SSSR count). The summed E-state index contributed by atoms with van der Waals surface area (Å²) in [6.45, 7) is -0.505. The Hall–Kier alpha value is -2.84. The van der Waals surface area contributed by atoms with Gasteiger partial charge in [0.1, 0.15) is 6.54 Å². The summed E-state index contributed by atoms with van der Waals surface area (Å²) in [5, 5.41) is 3.12. The van der Waals surface area contributed by atoms with Crippen LogP contribution in [0.25, 0.3) is 0 Å². The van der Waals surface area contributed by atoms with Crippen LogP contribution in [0, 0.1) is 3.57 Å². The van der Waals surface area contributed by atoms with E-state index >= 15 is 0 Å². The Morgan fingerprint density at radius 3 is 2.05 bits per heavy atom. The van der Waals surface area contributed by atoms with Gasteiger partial charge in [-0.3, -0.25) is 13.8 Å². The minimum Gasteiger partial charge on any atom is -0.325 e. The molecule has 8 nitrogen and oxygen atoms in total. The van der Waals surface area contributed by atoms with Crippen molar-refractivity contribution in [3.05, 3.63) is 111 Å². The first-order valence-electron chi connectivity index (χ1n) is 11.2. The number of sulfonamides is 2. The van der Waals surface area contributed by atoms with Crippen molar-refractivity contribution < 1.29 is 21.6 Å². The molecule has 39 heavy (non-hydrogen) atoms. The van der Waals surface area contributed by atoms with Crippen molar-refractivity contribution in [2.75, 3.05) is 20.9 Å². The summed E-state index contributed by atoms with van der Waals surface area (Å²) in [4.78, 5) is 12.9. The molecule has 1 amide bonds. The van der Waals surface area contributed by atoms with Gasteiger partial charge in [0.25, 0.3) is 20.0 Å². The van der Waals surface area contributed by atoms with Crippen LogP contribution in [-0.4, -0.2) is 29.3 Å². The Morgan fingerprint density at radius 1 is 0.795 bits per heavy atom. The van der Waals surface area contributed by atoms with E-state index in [1.54, 1.807) is 42.5 Å². The Labute approximate surface area is 250 Å². The Morgan fingerprint density at radius 2 is 1.44 bits per heavy atom. The molecule has 4 aromatic carbocycles. The van der Waals surface area contributed by atoms with Gasteiger partial charge in [0.05, 0.1) is 26.2 Å². The molecular weight excluding hydrogens is 696 g/mol. The summed E-state index contributed by atoms with van der Waals surface area (Å²) < 4.78 is 56.7. The first-order chi connectivity index (χ1) is 18.5. The first-order valence-corrected chi connectivity index (χ1v) is 15.9. The van der Waals surface area contributed by atoms with Gasteiger partial charge in [-0.15, -0.1) is 0 Å². The van der Waals surface area contributed by atoms with E-state index < -0.39 is 32.5 Å². The predicted octanol–water partition coefficient (Wildman–Crippen LogP) is 6.23. The second kappa shape index (κ2) is 12.1. The molecule has 0 heterocycles. The third-order valence-electron chi connectivity index (χ3n) is 5.36. The molecule has 202 valence electrons. The number of carbonyl (C=O) groups is 1. The summed E-state index contributed by atoms with van der Waals surface area (Å²) in [5.74, 6) is -0.616. The molecule has 0 aliphatic carbocycles. The minimum absolute atomic E-state index is 0.0409. The molecule has 2 N–H and O–H groups in total. The third-order valence-corrected chi connectivity index (χ3v) is 9.79. The minimum atomic E-state index is -4.05. The van der Waals surface area contributed by atoms with Crippen molar-refractivity contribution in [2.45, 2.75) is 9.79 Å². The van der Waals surface area contributed by atoms with Gasteiger partial charge in [-0.1, -0.05) is 41.4 Å². The summed E-state index contributed by atoms with van der Waals surface area (Å²) >= 11 is 14.0. The van der Waals surface area contributed by atoms with E-state index in [1.165, 1.54) is 54.6 Å². The fourth-order valence-corrected chi connectivity index (χ4v) is 6.86. The second-order valence-corrected chi connectivity index (χ2v) is 13.7. The van der Waals surface area contributed by atoms with Crippen LogP contribution in [0.5, 0.6) is 0 Å². The smallest absolute Gasteiger partial charge is 0.264 e. The highest BCUT2D eigenvalue weighted by Gasteiger charge is 2.27. The van der Waals surface area contributed by atoms with E-state index in [0.717, 1.165) is 7.88 Å². The molecule has 0 unspecified atom stereocenters. The SMILES string of the molecule is O=C(CN(c1ccc(I)cc1)S(=O)(=O)c1ccccc1)Nc1ccc(S(=O)(=O)Nc2ccc(Cl)cc2Cl)cc1. The normalized spacial score (nSPS) is 11.6. The van der Waals surface area contributed by atoms with E-state index in [4.69, 9.17) is 23.2 Å². The molecule has 0 radical (unpaired) electrons. The second-order valence-electron chi connectivity index (χ2n) is 8.10. The monoisotopic (exact) mass is 715 g/mol. The Balaban J connectivity index is 1.52. The zero-order valence-electron chi connectivity index (χ0n) is 19.9. The van der Waals surface area contributed by atoms with Crippen molar-refractivity contribution in [1.29, 1.82) is 0 Å². The van der Waals surface area contributed by atoms with Gasteiger partial charge in [0.2, 0.25) is 5.91 Å². The lowest BCUT2D eigenvalue weighted by Crippen LogP contribution is -2.38. The fourth-order valence-electron chi connectivity index (χ4n) is 3.47. The maximum atomic E-state index is 13.4. The average molecular weight is 716 g/mol. The van der Waals surface area contributed by atoms with Crippen molar-refractivity contribution >= 4 is 88.8 Å². The fraction of sp³-hybridized carbons (Fsp3) is 0.0385. The van der Waals surface area contributed by atoms with Crippen LogP contribution in [0.1, 0.15) is 0 Å². The van der Waals surface area contributed by atoms with Crippen molar-refractivity contribution in [1.82, 2.24) is 0 Å². The summed E-state index contributed by atoms with van der Waals surface area (Å²) in [6.07, 6.45) is 0. The Kier molecular flexibility index (Phi) is 9.07. The van der Waals surface area contributed by atoms with Crippen LogP contribution >= 0.6 is 45.8 Å². The number of hydrogen-bond acceptors (Lipinski definition) is 5. The van der Waals surface area contributed by atoms with Crippen LogP contribution in [0.4, 0.5) is 17.1 Å². The van der Waals surface area contributed by atoms with Crippen LogP contribution in [0.3, 0.4) is 0 Å². The van der Waals surface area contributed by atoms with E-state index in [-0.39, 0.29) is 26.2 Å². The lowest BCUT2D eigenvalue weighted by molar-refractivity contribution is -0.114. The number of benzene rings is 4. The largest absolute Gasteiger partial charge is 0.325 e. The zero-order chi connectivity index (χ0) is 28.2. The maximum Gasteiger partial charge on any atom is 0.264 e. The molecule has 0 spiro atoms. The predicted molar refractivity (Wildman–Crippen MR) is 162 cm³/mol. The number of anilines is 3. The molecule has 0 bridgehead atoms.